The summed E-state index contributed by atoms with van der Waals surface area (Å²) in [5.41, 5.74) is 5.76. The van der Waals surface area contributed by atoms with Gasteiger partial charge in [-0.05, 0) is 20.2 Å². The minimum atomic E-state index is -0.859. The van der Waals surface area contributed by atoms with Crippen LogP contribution in [-0.2, 0) is 0 Å². The summed E-state index contributed by atoms with van der Waals surface area (Å²) in [6, 6.07) is -0.288. The molecular weight excluding hydrogens is 144 g/mol. The van der Waals surface area contributed by atoms with Gasteiger partial charge in [0.2, 0.25) is 0 Å². The highest BCUT2D eigenvalue weighted by atomic mass is 16.2. The van der Waals surface area contributed by atoms with Gasteiger partial charge in [0.15, 0.2) is 5.79 Å². The molecule has 1 atom stereocenters. The van der Waals surface area contributed by atoms with E-state index >= 15 is 0 Å². The first-order valence-electron chi connectivity index (χ1n) is 3.27. The summed E-state index contributed by atoms with van der Waals surface area (Å²) in [6.45, 7) is 0. The number of rotatable bonds is 1. The Kier molecular flexibility index (Phi) is 1.84. The lowest BCUT2D eigenvalue weighted by Gasteiger charge is -2.35. The Hall–Kier alpha value is -1.07. The van der Waals surface area contributed by atoms with Crippen LogP contribution in [0.4, 0.5) is 4.79 Å². The Balaban J connectivity index is 2.78. The Morgan fingerprint density at radius 1 is 1.64 bits per heavy atom. The summed E-state index contributed by atoms with van der Waals surface area (Å²) in [5.74, 6) is -0.859. The van der Waals surface area contributed by atoms with Crippen molar-refractivity contribution in [1.82, 2.24) is 15.5 Å². The van der Waals surface area contributed by atoms with Crippen LogP contribution in [0.25, 0.3) is 0 Å². The van der Waals surface area contributed by atoms with Crippen molar-refractivity contribution < 1.29 is 4.79 Å². The second-order valence-electron chi connectivity index (χ2n) is 2.65. The number of carbonyl (C=O) groups excluding carboxylic acids is 1. The van der Waals surface area contributed by atoms with Crippen molar-refractivity contribution in [3.8, 4) is 0 Å². The predicted molar refractivity (Wildman–Crippen MR) is 41.4 cm³/mol. The molecule has 0 aromatic rings. The molecule has 0 aromatic heterocycles. The highest BCUT2D eigenvalue weighted by Crippen LogP contribution is 2.03. The molecular formula is C6H12N4O. The molecule has 0 bridgehead atoms. The Morgan fingerprint density at radius 3 is 2.64 bits per heavy atom. The number of urea groups is 1. The number of likely N-dealkylation sites (N-methyl/N-ethyl adjacent to an activating group) is 1. The van der Waals surface area contributed by atoms with E-state index in [2.05, 4.69) is 10.6 Å². The molecule has 1 unspecified atom stereocenters. The maximum Gasteiger partial charge on any atom is 0.321 e. The maximum atomic E-state index is 10.8. The molecule has 11 heavy (non-hydrogen) atoms. The quantitative estimate of drug-likeness (QED) is 0.426. The summed E-state index contributed by atoms with van der Waals surface area (Å²) in [4.78, 5) is 12.5. The van der Waals surface area contributed by atoms with Gasteiger partial charge in [-0.25, -0.2) is 4.79 Å². The van der Waals surface area contributed by atoms with Crippen LogP contribution < -0.4 is 16.4 Å². The molecule has 0 aliphatic carbocycles. The highest BCUT2D eigenvalue weighted by molar-refractivity contribution is 5.77. The van der Waals surface area contributed by atoms with Crippen LogP contribution in [0.5, 0.6) is 0 Å². The Bertz CT molecular complexity index is 201. The molecule has 0 aromatic carbocycles. The number of hydrogen-bond acceptors (Lipinski definition) is 3. The average molecular weight is 156 g/mol. The predicted octanol–water partition coefficient (Wildman–Crippen LogP) is -1.01. The molecule has 0 saturated carbocycles. The summed E-state index contributed by atoms with van der Waals surface area (Å²) in [6.07, 6.45) is 3.20. The average Bonchev–Trinajstić information content (AvgIpc) is 1.86. The SMILES string of the molecule is CN(C)C1(N)C=CNC(=O)N1. The van der Waals surface area contributed by atoms with Crippen LogP contribution in [0.15, 0.2) is 12.3 Å². The number of nitrogens with two attached hydrogens (primary N) is 1. The number of carbonyl (C=O) groups is 1. The number of nitrogens with one attached hydrogen (secondary N) is 2. The van der Waals surface area contributed by atoms with Crippen molar-refractivity contribution in [1.29, 1.82) is 0 Å². The van der Waals surface area contributed by atoms with E-state index in [1.54, 1.807) is 25.1 Å². The second-order valence-corrected chi connectivity index (χ2v) is 2.65. The summed E-state index contributed by atoms with van der Waals surface area (Å²) >= 11 is 0. The zero-order valence-electron chi connectivity index (χ0n) is 6.59. The Labute approximate surface area is 65.2 Å². The standard InChI is InChI=1S/C6H12N4O/c1-10(2)6(7)3-4-8-5(11)9-6/h3-4H,7H2,1-2H3,(H2,8,9,11). The first kappa shape index (κ1) is 8.03. The molecule has 0 fully saturated rings. The van der Waals surface area contributed by atoms with Gasteiger partial charge >= 0.3 is 6.03 Å². The van der Waals surface area contributed by atoms with Crippen LogP contribution in [0.1, 0.15) is 0 Å². The number of amides is 2. The third-order valence-corrected chi connectivity index (χ3v) is 1.61. The molecule has 4 N–H and O–H groups in total. The van der Waals surface area contributed by atoms with E-state index in [0.717, 1.165) is 0 Å². The van der Waals surface area contributed by atoms with E-state index in [0.29, 0.717) is 0 Å². The molecule has 62 valence electrons. The first-order valence-corrected chi connectivity index (χ1v) is 3.27. The minimum Gasteiger partial charge on any atom is -0.315 e. The third kappa shape index (κ3) is 1.50. The minimum absolute atomic E-state index is 0.288. The molecule has 1 rings (SSSR count). The van der Waals surface area contributed by atoms with Gasteiger partial charge in [0.25, 0.3) is 0 Å². The van der Waals surface area contributed by atoms with E-state index in [9.17, 15) is 4.79 Å². The molecule has 5 nitrogen and oxygen atoms in total. The van der Waals surface area contributed by atoms with Gasteiger partial charge in [-0.15, -0.1) is 0 Å². The van der Waals surface area contributed by atoms with Crippen LogP contribution in [0, 0.1) is 0 Å². The van der Waals surface area contributed by atoms with Crippen molar-refractivity contribution in [2.75, 3.05) is 14.1 Å². The van der Waals surface area contributed by atoms with E-state index < -0.39 is 5.79 Å². The van der Waals surface area contributed by atoms with Gasteiger partial charge in [0.1, 0.15) is 0 Å². The van der Waals surface area contributed by atoms with Gasteiger partial charge in [-0.3, -0.25) is 10.6 Å². The summed E-state index contributed by atoms with van der Waals surface area (Å²) in [7, 11) is 3.58. The van der Waals surface area contributed by atoms with Gasteiger partial charge in [-0.1, -0.05) is 0 Å². The molecule has 2 amide bonds. The van der Waals surface area contributed by atoms with Crippen molar-refractivity contribution >= 4 is 6.03 Å². The van der Waals surface area contributed by atoms with Crippen LogP contribution in [-0.4, -0.2) is 30.8 Å². The lowest BCUT2D eigenvalue weighted by Crippen LogP contribution is -2.66. The molecule has 5 heteroatoms. The third-order valence-electron chi connectivity index (χ3n) is 1.61. The topological polar surface area (TPSA) is 70.4 Å². The molecule has 1 heterocycles. The molecule has 0 radical (unpaired) electrons. The fourth-order valence-corrected chi connectivity index (χ4v) is 0.765. The monoisotopic (exact) mass is 156 g/mol. The molecule has 1 aliphatic heterocycles. The van der Waals surface area contributed by atoms with Crippen molar-refractivity contribution in [2.24, 2.45) is 5.73 Å². The maximum absolute atomic E-state index is 10.8. The second kappa shape index (κ2) is 2.52. The summed E-state index contributed by atoms with van der Waals surface area (Å²) in [5, 5.41) is 5.01. The van der Waals surface area contributed by atoms with Crippen LogP contribution >= 0.6 is 0 Å². The fraction of sp³-hybridized carbons (Fsp3) is 0.500. The van der Waals surface area contributed by atoms with Crippen LogP contribution in [0.3, 0.4) is 0 Å². The van der Waals surface area contributed by atoms with Crippen LogP contribution in [0.2, 0.25) is 0 Å². The van der Waals surface area contributed by atoms with E-state index in [-0.39, 0.29) is 6.03 Å². The van der Waals surface area contributed by atoms with Crippen molar-refractivity contribution in [2.45, 2.75) is 5.79 Å². The Morgan fingerprint density at radius 2 is 2.27 bits per heavy atom. The zero-order valence-corrected chi connectivity index (χ0v) is 6.59. The lowest BCUT2D eigenvalue weighted by atomic mass is 10.3. The highest BCUT2D eigenvalue weighted by Gasteiger charge is 2.28. The summed E-state index contributed by atoms with van der Waals surface area (Å²) < 4.78 is 0. The fourth-order valence-electron chi connectivity index (χ4n) is 0.765. The van der Waals surface area contributed by atoms with Gasteiger partial charge in [-0.2, -0.15) is 0 Å². The van der Waals surface area contributed by atoms with E-state index in [1.165, 1.54) is 6.20 Å². The van der Waals surface area contributed by atoms with E-state index in [1.807, 2.05) is 0 Å². The van der Waals surface area contributed by atoms with Crippen molar-refractivity contribution in [3.05, 3.63) is 12.3 Å². The number of nitrogens with zero attached hydrogens (tertiary/aromatic N) is 1. The largest absolute Gasteiger partial charge is 0.321 e. The zero-order chi connectivity index (χ0) is 8.48. The van der Waals surface area contributed by atoms with E-state index in [4.69, 9.17) is 5.73 Å². The lowest BCUT2D eigenvalue weighted by molar-refractivity contribution is 0.161. The molecule has 0 saturated heterocycles. The first-order chi connectivity index (χ1) is 5.04. The van der Waals surface area contributed by atoms with Gasteiger partial charge < -0.3 is 10.6 Å². The normalized spacial score (nSPS) is 30.0. The molecule has 0 spiro atoms. The van der Waals surface area contributed by atoms with Gasteiger partial charge in [0.05, 0.1) is 0 Å². The molecule has 1 aliphatic rings. The smallest absolute Gasteiger partial charge is 0.315 e. The van der Waals surface area contributed by atoms with Gasteiger partial charge in [0, 0.05) is 6.20 Å². The van der Waals surface area contributed by atoms with Crippen molar-refractivity contribution in [3.63, 3.8) is 0 Å². The number of hydrogen-bond donors (Lipinski definition) is 3.